The van der Waals surface area contributed by atoms with Gasteiger partial charge in [-0.25, -0.2) is 0 Å². The number of carbonyl (C=O) groups excluding carboxylic acids is 1. The van der Waals surface area contributed by atoms with Crippen LogP contribution in [0.5, 0.6) is 5.75 Å². The van der Waals surface area contributed by atoms with E-state index in [0.29, 0.717) is 22.9 Å². The number of hydrogen-bond donors (Lipinski definition) is 1. The van der Waals surface area contributed by atoms with Crippen LogP contribution in [0.2, 0.25) is 0 Å². The molecule has 116 valence electrons. The Balaban J connectivity index is 2.12. The normalized spacial score (nSPS) is 25.4. The van der Waals surface area contributed by atoms with E-state index in [2.05, 4.69) is 13.8 Å². The molecule has 3 atom stereocenters. The maximum absolute atomic E-state index is 12.0. The van der Waals surface area contributed by atoms with Crippen LogP contribution >= 0.6 is 0 Å². The average Bonchev–Trinajstić information content (AvgIpc) is 2.44. The van der Waals surface area contributed by atoms with Crippen molar-refractivity contribution >= 4 is 11.6 Å². The van der Waals surface area contributed by atoms with Gasteiger partial charge in [-0.15, -0.1) is 0 Å². The molecule has 0 radical (unpaired) electrons. The number of anilines is 1. The quantitative estimate of drug-likeness (QED) is 0.870. The minimum absolute atomic E-state index is 0.0366. The Hall–Kier alpha value is -1.71. The molecule has 2 N–H and O–H groups in total. The van der Waals surface area contributed by atoms with Gasteiger partial charge in [0.1, 0.15) is 5.75 Å². The number of carbonyl (C=O) groups is 1. The van der Waals surface area contributed by atoms with Crippen molar-refractivity contribution in [3.05, 3.63) is 23.8 Å². The molecule has 2 rings (SSSR count). The molecule has 21 heavy (non-hydrogen) atoms. The minimum atomic E-state index is -0.0366. The fraction of sp³-hybridized carbons (Fsp3) is 0.588. The first kappa shape index (κ1) is 15.7. The Kier molecular flexibility index (Phi) is 4.76. The van der Waals surface area contributed by atoms with Crippen molar-refractivity contribution in [2.75, 3.05) is 19.8 Å². The van der Waals surface area contributed by atoms with Gasteiger partial charge in [0.05, 0.1) is 11.8 Å². The molecule has 0 spiro atoms. The van der Waals surface area contributed by atoms with Gasteiger partial charge in [0.15, 0.2) is 0 Å². The van der Waals surface area contributed by atoms with Crippen molar-refractivity contribution in [2.45, 2.75) is 39.2 Å². The van der Waals surface area contributed by atoms with E-state index in [4.69, 9.17) is 10.5 Å². The Morgan fingerprint density at radius 3 is 2.57 bits per heavy atom. The Morgan fingerprint density at radius 2 is 1.95 bits per heavy atom. The summed E-state index contributed by atoms with van der Waals surface area (Å²) in [6, 6.07) is 5.26. The molecule has 1 aromatic rings. The van der Waals surface area contributed by atoms with E-state index < -0.39 is 0 Å². The van der Waals surface area contributed by atoms with Crippen LogP contribution in [0.15, 0.2) is 18.2 Å². The second-order valence-corrected chi connectivity index (χ2v) is 6.46. The summed E-state index contributed by atoms with van der Waals surface area (Å²) in [6.45, 7) is 4.57. The van der Waals surface area contributed by atoms with Gasteiger partial charge in [-0.05, 0) is 49.3 Å². The highest BCUT2D eigenvalue weighted by atomic mass is 16.5. The first-order valence-electron chi connectivity index (χ1n) is 7.66. The second-order valence-electron chi connectivity index (χ2n) is 6.46. The van der Waals surface area contributed by atoms with Gasteiger partial charge in [-0.2, -0.15) is 0 Å². The molecule has 1 aliphatic rings. The van der Waals surface area contributed by atoms with Crippen molar-refractivity contribution in [1.82, 2.24) is 4.90 Å². The molecule has 1 amide bonds. The first-order valence-corrected chi connectivity index (χ1v) is 7.66. The van der Waals surface area contributed by atoms with Crippen LogP contribution in [0.3, 0.4) is 0 Å². The molecule has 4 nitrogen and oxygen atoms in total. The zero-order chi connectivity index (χ0) is 15.6. The molecule has 1 aromatic carbocycles. The van der Waals surface area contributed by atoms with Crippen molar-refractivity contribution in [1.29, 1.82) is 0 Å². The minimum Gasteiger partial charge on any atom is -0.488 e. The van der Waals surface area contributed by atoms with Gasteiger partial charge >= 0.3 is 0 Å². The van der Waals surface area contributed by atoms with Gasteiger partial charge in [0.2, 0.25) is 0 Å². The summed E-state index contributed by atoms with van der Waals surface area (Å²) >= 11 is 0. The van der Waals surface area contributed by atoms with Crippen molar-refractivity contribution in [3.8, 4) is 5.75 Å². The fourth-order valence-corrected chi connectivity index (χ4v) is 2.81. The number of benzene rings is 1. The average molecular weight is 290 g/mol. The van der Waals surface area contributed by atoms with Crippen molar-refractivity contribution in [2.24, 2.45) is 11.8 Å². The van der Waals surface area contributed by atoms with E-state index in [1.54, 1.807) is 37.2 Å². The fourth-order valence-electron chi connectivity index (χ4n) is 2.81. The third-order valence-corrected chi connectivity index (χ3v) is 4.51. The number of nitrogens with two attached hydrogens (primary N) is 1. The molecule has 3 unspecified atom stereocenters. The van der Waals surface area contributed by atoms with Crippen LogP contribution in [0, 0.1) is 11.8 Å². The lowest BCUT2D eigenvalue weighted by Gasteiger charge is -2.32. The molecule has 1 fully saturated rings. The third-order valence-electron chi connectivity index (χ3n) is 4.51. The molecule has 0 heterocycles. The van der Waals surface area contributed by atoms with Gasteiger partial charge in [0.25, 0.3) is 5.91 Å². The summed E-state index contributed by atoms with van der Waals surface area (Å²) in [4.78, 5) is 13.6. The highest BCUT2D eigenvalue weighted by molar-refractivity contribution is 5.94. The number of nitrogen functional groups attached to an aromatic ring is 1. The Labute approximate surface area is 127 Å². The molecular weight excluding hydrogens is 264 g/mol. The van der Waals surface area contributed by atoms with Gasteiger partial charge in [0, 0.05) is 19.7 Å². The van der Waals surface area contributed by atoms with Crippen LogP contribution in [0.25, 0.3) is 0 Å². The smallest absolute Gasteiger partial charge is 0.253 e. The number of amides is 1. The van der Waals surface area contributed by atoms with E-state index in [9.17, 15) is 4.79 Å². The largest absolute Gasteiger partial charge is 0.488 e. The highest BCUT2D eigenvalue weighted by Crippen LogP contribution is 2.33. The standard InChI is InChI=1S/C17H26N2O2/c1-11-5-7-14(9-12(11)2)21-16-10-13(6-8-15(16)18)17(20)19(3)4/h6,8,10-12,14H,5,7,9,18H2,1-4H3. The summed E-state index contributed by atoms with van der Waals surface area (Å²) in [5, 5.41) is 0. The van der Waals surface area contributed by atoms with Crippen molar-refractivity contribution in [3.63, 3.8) is 0 Å². The highest BCUT2D eigenvalue weighted by Gasteiger charge is 2.26. The number of hydrogen-bond acceptors (Lipinski definition) is 3. The van der Waals surface area contributed by atoms with Gasteiger partial charge in [-0.3, -0.25) is 4.79 Å². The van der Waals surface area contributed by atoms with Crippen LogP contribution in [-0.4, -0.2) is 31.0 Å². The number of rotatable bonds is 3. The summed E-state index contributed by atoms with van der Waals surface area (Å²) in [6.07, 6.45) is 3.48. The Morgan fingerprint density at radius 1 is 1.24 bits per heavy atom. The zero-order valence-corrected chi connectivity index (χ0v) is 13.4. The third kappa shape index (κ3) is 3.69. The van der Waals surface area contributed by atoms with Crippen LogP contribution in [0.4, 0.5) is 5.69 Å². The molecule has 0 aromatic heterocycles. The Bertz CT molecular complexity index is 514. The maximum atomic E-state index is 12.0. The van der Waals surface area contributed by atoms with E-state index in [0.717, 1.165) is 18.8 Å². The first-order chi connectivity index (χ1) is 9.88. The SMILES string of the molecule is CC1CCC(Oc2cc(C(=O)N(C)C)ccc2N)CC1C. The molecule has 4 heteroatoms. The lowest BCUT2D eigenvalue weighted by Crippen LogP contribution is -2.29. The second kappa shape index (κ2) is 6.37. The van der Waals surface area contributed by atoms with Crippen molar-refractivity contribution < 1.29 is 9.53 Å². The summed E-state index contributed by atoms with van der Waals surface area (Å²) in [5.41, 5.74) is 7.20. The van der Waals surface area contributed by atoms with Crippen LogP contribution in [-0.2, 0) is 0 Å². The molecule has 0 bridgehead atoms. The molecule has 0 aliphatic heterocycles. The molecular formula is C17H26N2O2. The molecule has 0 saturated heterocycles. The predicted molar refractivity (Wildman–Crippen MR) is 85.5 cm³/mol. The molecule has 1 aliphatic carbocycles. The number of nitrogens with zero attached hydrogens (tertiary/aromatic N) is 1. The number of ether oxygens (including phenoxy) is 1. The summed E-state index contributed by atoms with van der Waals surface area (Å²) < 4.78 is 6.08. The topological polar surface area (TPSA) is 55.6 Å². The van der Waals surface area contributed by atoms with E-state index in [1.165, 1.54) is 6.42 Å². The van der Waals surface area contributed by atoms with E-state index in [-0.39, 0.29) is 12.0 Å². The van der Waals surface area contributed by atoms with Gasteiger partial charge < -0.3 is 15.4 Å². The molecule has 1 saturated carbocycles. The lowest BCUT2D eigenvalue weighted by atomic mass is 9.80. The lowest BCUT2D eigenvalue weighted by molar-refractivity contribution is 0.0824. The van der Waals surface area contributed by atoms with Gasteiger partial charge in [-0.1, -0.05) is 13.8 Å². The summed E-state index contributed by atoms with van der Waals surface area (Å²) in [7, 11) is 3.48. The summed E-state index contributed by atoms with van der Waals surface area (Å²) in [5.74, 6) is 2.01. The van der Waals surface area contributed by atoms with Crippen LogP contribution in [0.1, 0.15) is 43.5 Å². The van der Waals surface area contributed by atoms with Crippen LogP contribution < -0.4 is 10.5 Å². The monoisotopic (exact) mass is 290 g/mol. The maximum Gasteiger partial charge on any atom is 0.253 e. The van der Waals surface area contributed by atoms with E-state index >= 15 is 0 Å². The predicted octanol–water partition coefficient (Wildman–Crippen LogP) is 3.17. The zero-order valence-electron chi connectivity index (χ0n) is 13.4. The van der Waals surface area contributed by atoms with E-state index in [1.807, 2.05) is 0 Å².